The van der Waals surface area contributed by atoms with E-state index in [1.807, 2.05) is 0 Å². The molecule has 1 aliphatic rings. The number of carbonyl (C=O) groups is 2. The van der Waals surface area contributed by atoms with Gasteiger partial charge in [0, 0.05) is 29.7 Å². The fraction of sp³-hybridized carbons (Fsp3) is 0.294. The molecule has 0 radical (unpaired) electrons. The number of benzene rings is 1. The predicted molar refractivity (Wildman–Crippen MR) is 84.3 cm³/mol. The summed E-state index contributed by atoms with van der Waals surface area (Å²) in [5.74, 6) is -1.87. The van der Waals surface area contributed by atoms with Gasteiger partial charge in [-0.2, -0.15) is 0 Å². The number of methoxy groups -OCH3 is 1. The molecule has 23 heavy (non-hydrogen) atoms. The average Bonchev–Trinajstić information content (AvgIpc) is 2.54. The Morgan fingerprint density at radius 2 is 2.04 bits per heavy atom. The molecule has 0 heterocycles. The van der Waals surface area contributed by atoms with Gasteiger partial charge >= 0.3 is 11.9 Å². The SMILES string of the molecule is COc1c(CN)cccc1C1(C(=O)O)C=CC(C)=C(C(=O)O)C1. The van der Waals surface area contributed by atoms with Gasteiger partial charge in [0.1, 0.15) is 11.2 Å². The second-order valence-electron chi connectivity index (χ2n) is 5.46. The molecule has 1 unspecified atom stereocenters. The normalized spacial score (nSPS) is 20.5. The molecule has 1 atom stereocenters. The first kappa shape index (κ1) is 16.8. The topological polar surface area (TPSA) is 110 Å². The van der Waals surface area contributed by atoms with Crippen molar-refractivity contribution in [1.82, 2.24) is 0 Å². The summed E-state index contributed by atoms with van der Waals surface area (Å²) >= 11 is 0. The molecule has 0 amide bonds. The summed E-state index contributed by atoms with van der Waals surface area (Å²) in [5.41, 5.74) is 5.89. The molecule has 2 rings (SSSR count). The van der Waals surface area contributed by atoms with E-state index < -0.39 is 17.4 Å². The Morgan fingerprint density at radius 1 is 1.35 bits per heavy atom. The van der Waals surface area contributed by atoms with Gasteiger partial charge in [-0.15, -0.1) is 0 Å². The zero-order valence-electron chi connectivity index (χ0n) is 13.0. The summed E-state index contributed by atoms with van der Waals surface area (Å²) in [6, 6.07) is 5.09. The van der Waals surface area contributed by atoms with Crippen LogP contribution in [-0.2, 0) is 21.5 Å². The maximum Gasteiger partial charge on any atom is 0.331 e. The largest absolute Gasteiger partial charge is 0.496 e. The molecule has 0 spiro atoms. The van der Waals surface area contributed by atoms with Crippen LogP contribution in [0.4, 0.5) is 0 Å². The predicted octanol–water partition coefficient (Wildman–Crippen LogP) is 1.84. The van der Waals surface area contributed by atoms with Crippen LogP contribution in [0.15, 0.2) is 41.5 Å². The zero-order valence-corrected chi connectivity index (χ0v) is 13.0. The number of hydrogen-bond donors (Lipinski definition) is 3. The summed E-state index contributed by atoms with van der Waals surface area (Å²) in [6.07, 6.45) is 2.91. The molecule has 4 N–H and O–H groups in total. The van der Waals surface area contributed by atoms with E-state index in [9.17, 15) is 19.8 Å². The highest BCUT2D eigenvalue weighted by molar-refractivity contribution is 5.94. The van der Waals surface area contributed by atoms with Crippen molar-refractivity contribution in [2.45, 2.75) is 25.3 Å². The lowest BCUT2D eigenvalue weighted by molar-refractivity contribution is -0.142. The van der Waals surface area contributed by atoms with E-state index >= 15 is 0 Å². The van der Waals surface area contributed by atoms with Crippen LogP contribution in [-0.4, -0.2) is 29.3 Å². The molecule has 0 fully saturated rings. The fourth-order valence-corrected chi connectivity index (χ4v) is 2.87. The number of aliphatic carboxylic acids is 2. The second kappa shape index (κ2) is 6.26. The van der Waals surface area contributed by atoms with E-state index in [2.05, 4.69) is 0 Å². The van der Waals surface area contributed by atoms with Crippen molar-refractivity contribution in [3.05, 3.63) is 52.6 Å². The van der Waals surface area contributed by atoms with Crippen LogP contribution in [0.1, 0.15) is 24.5 Å². The molecular weight excluding hydrogens is 298 g/mol. The standard InChI is InChI=1S/C17H19NO5/c1-10-6-7-17(16(21)22,8-12(10)15(19)20)13-5-3-4-11(9-18)14(13)23-2/h3-7H,8-9,18H2,1-2H3,(H,19,20)(H,21,22). The monoisotopic (exact) mass is 317 g/mol. The van der Waals surface area contributed by atoms with Gasteiger partial charge in [-0.25, -0.2) is 4.79 Å². The van der Waals surface area contributed by atoms with E-state index in [-0.39, 0.29) is 18.5 Å². The van der Waals surface area contributed by atoms with Gasteiger partial charge in [-0.3, -0.25) is 4.79 Å². The fourth-order valence-electron chi connectivity index (χ4n) is 2.87. The number of carboxylic acid groups (broad SMARTS) is 2. The smallest absolute Gasteiger partial charge is 0.331 e. The molecule has 1 aliphatic carbocycles. The van der Waals surface area contributed by atoms with Crippen LogP contribution in [0.2, 0.25) is 0 Å². The van der Waals surface area contributed by atoms with Crippen LogP contribution in [0.25, 0.3) is 0 Å². The Bertz CT molecular complexity index is 720. The number of hydrogen-bond acceptors (Lipinski definition) is 4. The highest BCUT2D eigenvalue weighted by Gasteiger charge is 2.44. The van der Waals surface area contributed by atoms with E-state index in [0.717, 1.165) is 0 Å². The van der Waals surface area contributed by atoms with Crippen molar-refractivity contribution in [3.8, 4) is 5.75 Å². The number of ether oxygens (including phenoxy) is 1. The third-order valence-corrected chi connectivity index (χ3v) is 4.19. The lowest BCUT2D eigenvalue weighted by atomic mass is 9.71. The van der Waals surface area contributed by atoms with Gasteiger partial charge in [-0.1, -0.05) is 30.4 Å². The molecule has 0 bridgehead atoms. The van der Waals surface area contributed by atoms with Crippen LogP contribution in [0.5, 0.6) is 5.75 Å². The summed E-state index contributed by atoms with van der Waals surface area (Å²) < 4.78 is 5.38. The summed E-state index contributed by atoms with van der Waals surface area (Å²) in [7, 11) is 1.44. The number of rotatable bonds is 5. The van der Waals surface area contributed by atoms with Gasteiger partial charge in [0.2, 0.25) is 0 Å². The number of nitrogens with two attached hydrogens (primary N) is 1. The van der Waals surface area contributed by atoms with E-state index in [1.165, 1.54) is 19.3 Å². The van der Waals surface area contributed by atoms with Gasteiger partial charge in [0.05, 0.1) is 7.11 Å². The maximum atomic E-state index is 12.1. The van der Waals surface area contributed by atoms with Crippen molar-refractivity contribution in [3.63, 3.8) is 0 Å². The average molecular weight is 317 g/mol. The first-order chi connectivity index (χ1) is 10.9. The Hall–Kier alpha value is -2.60. The molecule has 6 heteroatoms. The van der Waals surface area contributed by atoms with Crippen molar-refractivity contribution < 1.29 is 24.5 Å². The van der Waals surface area contributed by atoms with Gasteiger partial charge in [0.15, 0.2) is 0 Å². The maximum absolute atomic E-state index is 12.1. The van der Waals surface area contributed by atoms with Crippen molar-refractivity contribution in [2.75, 3.05) is 7.11 Å². The zero-order chi connectivity index (χ0) is 17.2. The Morgan fingerprint density at radius 3 is 2.57 bits per heavy atom. The van der Waals surface area contributed by atoms with Crippen LogP contribution < -0.4 is 10.5 Å². The molecule has 0 saturated heterocycles. The molecule has 1 aromatic carbocycles. The van der Waals surface area contributed by atoms with Crippen LogP contribution in [0.3, 0.4) is 0 Å². The quantitative estimate of drug-likeness (QED) is 0.764. The number of carboxylic acids is 2. The Balaban J connectivity index is 2.69. The second-order valence-corrected chi connectivity index (χ2v) is 5.46. The minimum Gasteiger partial charge on any atom is -0.496 e. The van der Waals surface area contributed by atoms with Gasteiger partial charge in [0.25, 0.3) is 0 Å². The molecule has 0 aromatic heterocycles. The minimum atomic E-state index is -1.50. The van der Waals surface area contributed by atoms with Crippen molar-refractivity contribution >= 4 is 11.9 Å². The highest BCUT2D eigenvalue weighted by atomic mass is 16.5. The number of allylic oxidation sites excluding steroid dienone is 2. The highest BCUT2D eigenvalue weighted by Crippen LogP contribution is 2.43. The van der Waals surface area contributed by atoms with E-state index in [1.54, 1.807) is 25.1 Å². The van der Waals surface area contributed by atoms with E-state index in [4.69, 9.17) is 10.5 Å². The van der Waals surface area contributed by atoms with Crippen molar-refractivity contribution in [2.24, 2.45) is 5.73 Å². The first-order valence-corrected chi connectivity index (χ1v) is 7.09. The molecule has 1 aromatic rings. The van der Waals surface area contributed by atoms with Crippen molar-refractivity contribution in [1.29, 1.82) is 0 Å². The number of para-hydroxylation sites is 1. The van der Waals surface area contributed by atoms with Gasteiger partial charge in [-0.05, 0) is 12.5 Å². The lowest BCUT2D eigenvalue weighted by Crippen LogP contribution is -2.37. The lowest BCUT2D eigenvalue weighted by Gasteiger charge is -2.32. The van der Waals surface area contributed by atoms with Crippen LogP contribution in [0, 0.1) is 0 Å². The molecule has 122 valence electrons. The molecule has 0 saturated carbocycles. The van der Waals surface area contributed by atoms with Crippen LogP contribution >= 0.6 is 0 Å². The van der Waals surface area contributed by atoms with Gasteiger partial charge < -0.3 is 20.7 Å². The summed E-state index contributed by atoms with van der Waals surface area (Å²) in [5, 5.41) is 19.2. The molecule has 0 aliphatic heterocycles. The van der Waals surface area contributed by atoms with E-state index in [0.29, 0.717) is 22.4 Å². The first-order valence-electron chi connectivity index (χ1n) is 7.09. The summed E-state index contributed by atoms with van der Waals surface area (Å²) in [6.45, 7) is 1.84. The Kier molecular flexibility index (Phi) is 4.56. The Labute approximate surface area is 133 Å². The summed E-state index contributed by atoms with van der Waals surface area (Å²) in [4.78, 5) is 23.5. The molecular formula is C17H19NO5. The minimum absolute atomic E-state index is 0.0788. The molecule has 6 nitrogen and oxygen atoms in total. The third-order valence-electron chi connectivity index (χ3n) is 4.19. The third kappa shape index (κ3) is 2.73.